The zero-order valence-corrected chi connectivity index (χ0v) is 23.4. The first-order valence-electron chi connectivity index (χ1n) is 14.1. The average Bonchev–Trinajstić information content (AvgIpc) is 3.65. The van der Waals surface area contributed by atoms with Crippen LogP contribution in [0.25, 0.3) is 39.6 Å². The quantitative estimate of drug-likeness (QED) is 0.269. The first-order chi connectivity index (χ1) is 21.5. The highest BCUT2D eigenvalue weighted by molar-refractivity contribution is 5.84. The molecule has 6 aromatic rings. The summed E-state index contributed by atoms with van der Waals surface area (Å²) in [6.45, 7) is 2.68. The molecule has 0 saturated carbocycles. The zero-order valence-electron chi connectivity index (χ0n) is 23.4. The predicted octanol–water partition coefficient (Wildman–Crippen LogP) is 4.60. The van der Waals surface area contributed by atoms with Crippen LogP contribution in [-0.2, 0) is 6.54 Å². The summed E-state index contributed by atoms with van der Waals surface area (Å²) in [4.78, 5) is 24.4. The van der Waals surface area contributed by atoms with Crippen LogP contribution in [0, 0.1) is 17.1 Å². The molecule has 0 amide bonds. The number of hydrogen-bond acceptors (Lipinski definition) is 11. The van der Waals surface area contributed by atoms with E-state index < -0.39 is 5.82 Å². The number of nitrogens with one attached hydrogen (secondary N) is 1. The van der Waals surface area contributed by atoms with Crippen molar-refractivity contribution in [2.24, 2.45) is 0 Å². The molecular formula is C31H26FN11O. The van der Waals surface area contributed by atoms with Gasteiger partial charge < -0.3 is 15.6 Å². The second kappa shape index (κ2) is 11.5. The van der Waals surface area contributed by atoms with Crippen LogP contribution in [0.1, 0.15) is 24.2 Å². The lowest BCUT2D eigenvalue weighted by molar-refractivity contribution is 0.211. The maximum atomic E-state index is 13.5. The number of benzene rings is 1. The van der Waals surface area contributed by atoms with E-state index in [1.54, 1.807) is 24.4 Å². The molecule has 13 heteroatoms. The standard InChI is InChI=1S/C31H26FN11O/c32-20-3-6-24(36-16-20)25-7-8-26-31(38-25)43(30(39-26)23-18-44-41-29(23)34)22-4-1-19(2-5-22)17-42-13-10-21(11-14-42)37-27-9-12-35-28(15-33)40-27/h1-9,12,16,18,21H,10-11,13-14,17H2,(H2,34,41)(H,35,37,40). The SMILES string of the molecule is N#Cc1nccc(NC2CCN(Cc3ccc(-n4c(-c5conc5N)nc5ccc(-c6ccc(F)cn6)nc54)cc3)CC2)n1. The number of imidazole rings is 1. The van der Waals surface area contributed by atoms with Crippen LogP contribution in [0.15, 0.2) is 77.8 Å². The van der Waals surface area contributed by atoms with Gasteiger partial charge in [0.15, 0.2) is 17.3 Å². The van der Waals surface area contributed by atoms with Crippen LogP contribution in [0.4, 0.5) is 16.0 Å². The highest BCUT2D eigenvalue weighted by Gasteiger charge is 2.22. The van der Waals surface area contributed by atoms with E-state index in [4.69, 9.17) is 25.5 Å². The Balaban J connectivity index is 1.12. The topological polar surface area (TPSA) is 160 Å². The number of hydrogen-bond donors (Lipinski definition) is 2. The number of nitrogens with zero attached hydrogens (tertiary/aromatic N) is 9. The van der Waals surface area contributed by atoms with Crippen molar-refractivity contribution >= 4 is 22.8 Å². The Morgan fingerprint density at radius 3 is 2.52 bits per heavy atom. The van der Waals surface area contributed by atoms with Crippen molar-refractivity contribution in [3.8, 4) is 34.5 Å². The lowest BCUT2D eigenvalue weighted by atomic mass is 10.0. The van der Waals surface area contributed by atoms with Gasteiger partial charge in [0, 0.05) is 37.6 Å². The molecule has 218 valence electrons. The minimum absolute atomic E-state index is 0.165. The van der Waals surface area contributed by atoms with Gasteiger partial charge in [-0.05, 0) is 60.9 Å². The molecule has 0 spiro atoms. The van der Waals surface area contributed by atoms with Gasteiger partial charge in [-0.25, -0.2) is 24.3 Å². The first-order valence-corrected chi connectivity index (χ1v) is 14.1. The van der Waals surface area contributed by atoms with E-state index in [0.717, 1.165) is 38.2 Å². The molecule has 1 fully saturated rings. The molecule has 0 atom stereocenters. The molecule has 3 N–H and O–H groups in total. The lowest BCUT2D eigenvalue weighted by Gasteiger charge is -2.32. The minimum atomic E-state index is -0.413. The van der Waals surface area contributed by atoms with Crippen LogP contribution in [-0.4, -0.2) is 58.7 Å². The third-order valence-corrected chi connectivity index (χ3v) is 7.63. The number of aromatic nitrogens is 7. The number of nitrogens with two attached hydrogens (primary N) is 1. The van der Waals surface area contributed by atoms with Crippen molar-refractivity contribution < 1.29 is 8.91 Å². The molecule has 1 aromatic carbocycles. The van der Waals surface area contributed by atoms with Gasteiger partial charge in [0.25, 0.3) is 0 Å². The number of anilines is 2. The molecular weight excluding hydrogens is 561 g/mol. The Labute approximate surface area is 251 Å². The van der Waals surface area contributed by atoms with E-state index in [1.807, 2.05) is 28.8 Å². The molecule has 1 aliphatic heterocycles. The summed E-state index contributed by atoms with van der Waals surface area (Å²) in [5.41, 5.74) is 11.1. The normalized spacial score (nSPS) is 14.1. The largest absolute Gasteiger partial charge is 0.380 e. The Kier molecular flexibility index (Phi) is 7.09. The Morgan fingerprint density at radius 1 is 0.977 bits per heavy atom. The van der Waals surface area contributed by atoms with E-state index in [9.17, 15) is 4.39 Å². The van der Waals surface area contributed by atoms with Gasteiger partial charge in [-0.2, -0.15) is 5.26 Å². The molecule has 0 bridgehead atoms. The molecule has 12 nitrogen and oxygen atoms in total. The van der Waals surface area contributed by atoms with Crippen molar-refractivity contribution in [1.29, 1.82) is 5.26 Å². The van der Waals surface area contributed by atoms with Crippen LogP contribution in [0.3, 0.4) is 0 Å². The fourth-order valence-corrected chi connectivity index (χ4v) is 5.41. The van der Waals surface area contributed by atoms with Crippen molar-refractivity contribution in [3.63, 3.8) is 0 Å². The molecule has 1 aliphatic rings. The van der Waals surface area contributed by atoms with Crippen LogP contribution in [0.2, 0.25) is 0 Å². The summed E-state index contributed by atoms with van der Waals surface area (Å²) < 4.78 is 20.5. The van der Waals surface area contributed by atoms with E-state index in [-0.39, 0.29) is 17.7 Å². The zero-order chi connectivity index (χ0) is 30.0. The third-order valence-electron chi connectivity index (χ3n) is 7.63. The number of fused-ring (bicyclic) bond motifs is 1. The third kappa shape index (κ3) is 5.41. The lowest BCUT2D eigenvalue weighted by Crippen LogP contribution is -2.38. The smallest absolute Gasteiger partial charge is 0.234 e. The molecule has 0 radical (unpaired) electrons. The molecule has 6 heterocycles. The van der Waals surface area contributed by atoms with E-state index in [1.165, 1.54) is 24.1 Å². The summed E-state index contributed by atoms with van der Waals surface area (Å²) in [5.74, 6) is 1.20. The van der Waals surface area contributed by atoms with Gasteiger partial charge in [-0.15, -0.1) is 0 Å². The van der Waals surface area contributed by atoms with Crippen molar-refractivity contribution in [1.82, 2.24) is 39.5 Å². The van der Waals surface area contributed by atoms with E-state index in [0.29, 0.717) is 39.8 Å². The van der Waals surface area contributed by atoms with Gasteiger partial charge in [0.1, 0.15) is 35.0 Å². The Hall–Kier alpha value is -5.74. The summed E-state index contributed by atoms with van der Waals surface area (Å²) in [6, 6.07) is 18.9. The number of nitriles is 1. The minimum Gasteiger partial charge on any atom is -0.380 e. The molecule has 7 rings (SSSR count). The average molecular weight is 588 g/mol. The first kappa shape index (κ1) is 27.1. The predicted molar refractivity (Wildman–Crippen MR) is 161 cm³/mol. The Morgan fingerprint density at radius 2 is 1.80 bits per heavy atom. The fourth-order valence-electron chi connectivity index (χ4n) is 5.41. The maximum absolute atomic E-state index is 13.5. The number of halogens is 1. The fraction of sp³-hybridized carbons (Fsp3) is 0.194. The molecule has 5 aromatic heterocycles. The molecule has 0 aliphatic carbocycles. The second-order valence-electron chi connectivity index (χ2n) is 10.5. The summed E-state index contributed by atoms with van der Waals surface area (Å²) in [6.07, 6.45) is 6.16. The number of nitrogen functional groups attached to an aromatic ring is 1. The van der Waals surface area contributed by atoms with Gasteiger partial charge in [0.05, 0.1) is 17.6 Å². The number of likely N-dealkylation sites (tertiary alicyclic amines) is 1. The Bertz CT molecular complexity index is 1970. The second-order valence-corrected chi connectivity index (χ2v) is 10.5. The molecule has 1 saturated heterocycles. The van der Waals surface area contributed by atoms with E-state index >= 15 is 0 Å². The van der Waals surface area contributed by atoms with Crippen molar-refractivity contribution in [3.05, 3.63) is 90.5 Å². The summed E-state index contributed by atoms with van der Waals surface area (Å²) >= 11 is 0. The van der Waals surface area contributed by atoms with E-state index in [2.05, 4.69) is 42.5 Å². The van der Waals surface area contributed by atoms with Gasteiger partial charge in [-0.1, -0.05) is 17.3 Å². The van der Waals surface area contributed by atoms with Gasteiger partial charge >= 0.3 is 0 Å². The molecule has 44 heavy (non-hydrogen) atoms. The maximum Gasteiger partial charge on any atom is 0.234 e. The van der Waals surface area contributed by atoms with Crippen molar-refractivity contribution in [2.75, 3.05) is 24.1 Å². The number of pyridine rings is 2. The van der Waals surface area contributed by atoms with Crippen LogP contribution < -0.4 is 11.1 Å². The molecule has 0 unspecified atom stereocenters. The number of piperidine rings is 1. The number of rotatable bonds is 7. The summed E-state index contributed by atoms with van der Waals surface area (Å²) in [5, 5.41) is 16.3. The van der Waals surface area contributed by atoms with Crippen LogP contribution in [0.5, 0.6) is 0 Å². The van der Waals surface area contributed by atoms with Crippen LogP contribution >= 0.6 is 0 Å². The van der Waals surface area contributed by atoms with Gasteiger partial charge in [-0.3, -0.25) is 14.5 Å². The highest BCUT2D eigenvalue weighted by atomic mass is 19.1. The van der Waals surface area contributed by atoms with Gasteiger partial charge in [0.2, 0.25) is 5.82 Å². The van der Waals surface area contributed by atoms with Crippen molar-refractivity contribution in [2.45, 2.75) is 25.4 Å². The highest BCUT2D eigenvalue weighted by Crippen LogP contribution is 2.32. The monoisotopic (exact) mass is 587 g/mol. The summed E-state index contributed by atoms with van der Waals surface area (Å²) in [7, 11) is 0.